The highest BCUT2D eigenvalue weighted by molar-refractivity contribution is 5.79. The molecule has 0 aliphatic heterocycles. The van der Waals surface area contributed by atoms with Crippen LogP contribution < -0.4 is 10.6 Å². The molecule has 2 amide bonds. The minimum Gasteiger partial charge on any atom is -0.481 e. The molecule has 21 heavy (non-hydrogen) atoms. The van der Waals surface area contributed by atoms with Crippen molar-refractivity contribution in [1.29, 1.82) is 0 Å². The number of aliphatic carboxylic acids is 1. The molecule has 2 rings (SSSR count). The Morgan fingerprint density at radius 2 is 2.29 bits per heavy atom. The Morgan fingerprint density at radius 3 is 2.86 bits per heavy atom. The van der Waals surface area contributed by atoms with Crippen molar-refractivity contribution in [3.8, 4) is 0 Å². The molecular weight excluding hydrogens is 272 g/mol. The maximum absolute atomic E-state index is 12.0. The van der Waals surface area contributed by atoms with Gasteiger partial charge in [0.05, 0.1) is 11.1 Å². The van der Waals surface area contributed by atoms with Gasteiger partial charge in [0.25, 0.3) is 0 Å². The van der Waals surface area contributed by atoms with E-state index in [-0.39, 0.29) is 12.1 Å². The summed E-state index contributed by atoms with van der Waals surface area (Å²) >= 11 is 0. The summed E-state index contributed by atoms with van der Waals surface area (Å²) in [6.45, 7) is 3.95. The standard InChI is InChI=1S/C14H22N4O3/c1-9-10(8-18(3)17-9)7-15-13(21)16-11-5-4-6-14(11,2)12(19)20/h8,11H,4-7H2,1-3H3,(H,19,20)(H2,15,16,21). The van der Waals surface area contributed by atoms with Crippen molar-refractivity contribution in [3.05, 3.63) is 17.5 Å². The number of aryl methyl sites for hydroxylation is 2. The second-order valence-electron chi connectivity index (χ2n) is 5.91. The third-order valence-corrected chi connectivity index (χ3v) is 4.31. The molecule has 1 aromatic heterocycles. The fraction of sp³-hybridized carbons (Fsp3) is 0.643. The molecule has 2 atom stereocenters. The van der Waals surface area contributed by atoms with Crippen molar-refractivity contribution in [1.82, 2.24) is 20.4 Å². The number of hydrogen-bond acceptors (Lipinski definition) is 3. The van der Waals surface area contributed by atoms with E-state index in [1.54, 1.807) is 11.6 Å². The van der Waals surface area contributed by atoms with Gasteiger partial charge in [-0.15, -0.1) is 0 Å². The first-order chi connectivity index (χ1) is 9.83. The van der Waals surface area contributed by atoms with Crippen molar-refractivity contribution in [2.75, 3.05) is 0 Å². The van der Waals surface area contributed by atoms with Crippen molar-refractivity contribution in [3.63, 3.8) is 0 Å². The number of aromatic nitrogens is 2. The second-order valence-corrected chi connectivity index (χ2v) is 5.91. The summed E-state index contributed by atoms with van der Waals surface area (Å²) in [5.41, 5.74) is 0.941. The molecule has 1 saturated carbocycles. The molecule has 3 N–H and O–H groups in total. The third kappa shape index (κ3) is 3.17. The predicted octanol–water partition coefficient (Wildman–Crippen LogP) is 1.17. The molecule has 7 nitrogen and oxygen atoms in total. The van der Waals surface area contributed by atoms with Crippen molar-refractivity contribution < 1.29 is 14.7 Å². The van der Waals surface area contributed by atoms with Crippen LogP contribution in [0.5, 0.6) is 0 Å². The van der Waals surface area contributed by atoms with Crippen LogP contribution in [0.25, 0.3) is 0 Å². The Bertz CT molecular complexity index is 554. The molecule has 7 heteroatoms. The molecule has 0 saturated heterocycles. The number of carboxylic acids is 1. The number of carbonyl (C=O) groups is 2. The SMILES string of the molecule is Cc1nn(C)cc1CNC(=O)NC1CCCC1(C)C(=O)O. The molecule has 0 spiro atoms. The number of urea groups is 1. The van der Waals surface area contributed by atoms with Gasteiger partial charge in [0.2, 0.25) is 0 Å². The van der Waals surface area contributed by atoms with Crippen LogP contribution in [0.1, 0.15) is 37.4 Å². The van der Waals surface area contributed by atoms with Gasteiger partial charge in [-0.2, -0.15) is 5.10 Å². The first-order valence-electron chi connectivity index (χ1n) is 7.10. The lowest BCUT2D eigenvalue weighted by atomic mass is 9.85. The molecule has 1 aliphatic carbocycles. The minimum atomic E-state index is -0.873. The topological polar surface area (TPSA) is 96.3 Å². The fourth-order valence-corrected chi connectivity index (χ4v) is 2.86. The zero-order valence-electron chi connectivity index (χ0n) is 12.6. The lowest BCUT2D eigenvalue weighted by Crippen LogP contribution is -2.50. The average molecular weight is 294 g/mol. The lowest BCUT2D eigenvalue weighted by molar-refractivity contribution is -0.148. The van der Waals surface area contributed by atoms with E-state index < -0.39 is 11.4 Å². The Balaban J connectivity index is 1.90. The molecule has 0 bridgehead atoms. The van der Waals surface area contributed by atoms with Crippen LogP contribution in [0.2, 0.25) is 0 Å². The van der Waals surface area contributed by atoms with E-state index >= 15 is 0 Å². The van der Waals surface area contributed by atoms with Crippen LogP contribution in [0.15, 0.2) is 6.20 Å². The minimum absolute atomic E-state index is 0.329. The van der Waals surface area contributed by atoms with Gasteiger partial charge in [-0.3, -0.25) is 9.48 Å². The molecule has 1 aromatic rings. The molecular formula is C14H22N4O3. The molecule has 116 valence electrons. The zero-order chi connectivity index (χ0) is 15.6. The van der Waals surface area contributed by atoms with Crippen LogP contribution in [-0.4, -0.2) is 32.9 Å². The van der Waals surface area contributed by atoms with E-state index in [2.05, 4.69) is 15.7 Å². The Kier molecular flexibility index (Phi) is 4.20. The maximum Gasteiger partial charge on any atom is 0.315 e. The summed E-state index contributed by atoms with van der Waals surface area (Å²) in [7, 11) is 1.83. The number of nitrogens with zero attached hydrogens (tertiary/aromatic N) is 2. The van der Waals surface area contributed by atoms with E-state index in [0.717, 1.165) is 17.7 Å². The summed E-state index contributed by atoms with van der Waals surface area (Å²) in [5.74, 6) is -0.853. The van der Waals surface area contributed by atoms with Gasteiger partial charge >= 0.3 is 12.0 Å². The van der Waals surface area contributed by atoms with Gasteiger partial charge in [-0.05, 0) is 26.7 Å². The van der Waals surface area contributed by atoms with Gasteiger partial charge in [-0.25, -0.2) is 4.79 Å². The van der Waals surface area contributed by atoms with E-state index in [0.29, 0.717) is 19.4 Å². The predicted molar refractivity (Wildman–Crippen MR) is 76.7 cm³/mol. The first kappa shape index (κ1) is 15.3. The van der Waals surface area contributed by atoms with E-state index in [4.69, 9.17) is 0 Å². The number of amides is 2. The Morgan fingerprint density at radius 1 is 1.57 bits per heavy atom. The second kappa shape index (κ2) is 5.75. The highest BCUT2D eigenvalue weighted by Crippen LogP contribution is 2.38. The Hall–Kier alpha value is -2.05. The molecule has 0 radical (unpaired) electrons. The highest BCUT2D eigenvalue weighted by atomic mass is 16.4. The number of rotatable bonds is 4. The van der Waals surface area contributed by atoms with Crippen LogP contribution in [0.4, 0.5) is 4.79 Å². The monoisotopic (exact) mass is 294 g/mol. The van der Waals surface area contributed by atoms with Gasteiger partial charge in [0.15, 0.2) is 0 Å². The summed E-state index contributed by atoms with van der Waals surface area (Å²) in [6.07, 6.45) is 3.96. The summed E-state index contributed by atoms with van der Waals surface area (Å²) in [5, 5.41) is 19.1. The highest BCUT2D eigenvalue weighted by Gasteiger charge is 2.45. The van der Waals surface area contributed by atoms with Gasteiger partial charge < -0.3 is 15.7 Å². The van der Waals surface area contributed by atoms with Crippen LogP contribution >= 0.6 is 0 Å². The number of nitrogens with one attached hydrogen (secondary N) is 2. The number of hydrogen-bond donors (Lipinski definition) is 3. The van der Waals surface area contributed by atoms with Crippen LogP contribution in [0, 0.1) is 12.3 Å². The average Bonchev–Trinajstić information content (AvgIpc) is 2.91. The summed E-state index contributed by atoms with van der Waals surface area (Å²) in [6, 6.07) is -0.664. The number of carboxylic acid groups (broad SMARTS) is 1. The molecule has 1 aliphatic rings. The Labute approximate surface area is 123 Å². The van der Waals surface area contributed by atoms with E-state index in [9.17, 15) is 14.7 Å². The summed E-state index contributed by atoms with van der Waals surface area (Å²) < 4.78 is 1.70. The van der Waals surface area contributed by atoms with Gasteiger partial charge in [0.1, 0.15) is 0 Å². The quantitative estimate of drug-likeness (QED) is 0.776. The third-order valence-electron chi connectivity index (χ3n) is 4.31. The van der Waals surface area contributed by atoms with Gasteiger partial charge in [-0.1, -0.05) is 6.42 Å². The van der Waals surface area contributed by atoms with E-state index in [1.807, 2.05) is 20.2 Å². The normalized spacial score (nSPS) is 24.8. The lowest BCUT2D eigenvalue weighted by Gasteiger charge is -2.27. The fourth-order valence-electron chi connectivity index (χ4n) is 2.86. The smallest absolute Gasteiger partial charge is 0.315 e. The zero-order valence-corrected chi connectivity index (χ0v) is 12.6. The molecule has 2 unspecified atom stereocenters. The molecule has 1 heterocycles. The van der Waals surface area contributed by atoms with Crippen LogP contribution in [-0.2, 0) is 18.4 Å². The first-order valence-corrected chi connectivity index (χ1v) is 7.10. The maximum atomic E-state index is 12.0. The van der Waals surface area contributed by atoms with Gasteiger partial charge in [0, 0.05) is 31.4 Å². The summed E-state index contributed by atoms with van der Waals surface area (Å²) in [4.78, 5) is 23.3. The number of carbonyl (C=O) groups excluding carboxylic acids is 1. The van der Waals surface area contributed by atoms with Crippen molar-refractivity contribution in [2.24, 2.45) is 12.5 Å². The largest absolute Gasteiger partial charge is 0.481 e. The molecule has 0 aromatic carbocycles. The molecule has 1 fully saturated rings. The van der Waals surface area contributed by atoms with E-state index in [1.165, 1.54) is 0 Å². The van der Waals surface area contributed by atoms with Crippen LogP contribution in [0.3, 0.4) is 0 Å². The van der Waals surface area contributed by atoms with Crippen molar-refractivity contribution in [2.45, 2.75) is 45.7 Å². The van der Waals surface area contributed by atoms with Crippen molar-refractivity contribution >= 4 is 12.0 Å².